The van der Waals surface area contributed by atoms with Gasteiger partial charge in [0.05, 0.1) is 19.0 Å². The molecular formula is C9H10N2O2S. The Kier molecular flexibility index (Phi) is 2.33. The lowest BCUT2D eigenvalue weighted by molar-refractivity contribution is -0.129. The zero-order valence-electron chi connectivity index (χ0n) is 7.77. The van der Waals surface area contributed by atoms with Crippen LogP contribution in [0.3, 0.4) is 0 Å². The van der Waals surface area contributed by atoms with Crippen LogP contribution in [0, 0.1) is 0 Å². The molecule has 4 nitrogen and oxygen atoms in total. The first kappa shape index (κ1) is 9.33. The van der Waals surface area contributed by atoms with Crippen molar-refractivity contribution in [3.8, 4) is 0 Å². The maximum Gasteiger partial charge on any atom is 0.231 e. The fourth-order valence-corrected chi connectivity index (χ4v) is 2.24. The summed E-state index contributed by atoms with van der Waals surface area (Å²) >= 11 is 1.50. The Labute approximate surface area is 85.6 Å². The second-order valence-electron chi connectivity index (χ2n) is 3.28. The molecule has 1 aromatic rings. The average Bonchev–Trinajstić information content (AvgIpc) is 2.73. The number of hydrogen-bond donors (Lipinski definition) is 0. The number of ketones is 1. The maximum atomic E-state index is 11.4. The fraction of sp³-hybridized carbons (Fsp3) is 0.444. The lowest BCUT2D eigenvalue weighted by Gasteiger charge is -2.21. The van der Waals surface area contributed by atoms with Crippen molar-refractivity contribution in [1.82, 2.24) is 9.88 Å². The van der Waals surface area contributed by atoms with Crippen molar-refractivity contribution in [2.75, 3.05) is 6.54 Å². The summed E-state index contributed by atoms with van der Waals surface area (Å²) in [6.07, 6.45) is 1.76. The molecule has 0 aliphatic carbocycles. The third-order valence-electron chi connectivity index (χ3n) is 2.29. The van der Waals surface area contributed by atoms with Crippen LogP contribution in [0.5, 0.6) is 0 Å². The van der Waals surface area contributed by atoms with Gasteiger partial charge in [0.15, 0.2) is 5.78 Å². The maximum absolute atomic E-state index is 11.4. The Bertz CT molecular complexity index is 361. The second kappa shape index (κ2) is 3.49. The molecule has 0 radical (unpaired) electrons. The summed E-state index contributed by atoms with van der Waals surface area (Å²) in [7, 11) is 0. The Morgan fingerprint density at radius 1 is 1.57 bits per heavy atom. The van der Waals surface area contributed by atoms with Crippen LogP contribution in [-0.4, -0.2) is 28.1 Å². The van der Waals surface area contributed by atoms with Crippen molar-refractivity contribution in [1.29, 1.82) is 0 Å². The number of nitrogens with zero attached hydrogens (tertiary/aromatic N) is 2. The summed E-state index contributed by atoms with van der Waals surface area (Å²) < 4.78 is 0. The number of carbonyl (C=O) groups excluding carboxylic acids is 2. The van der Waals surface area contributed by atoms with E-state index < -0.39 is 0 Å². The van der Waals surface area contributed by atoms with Crippen LogP contribution >= 0.6 is 11.3 Å². The lowest BCUT2D eigenvalue weighted by atomic mass is 10.3. The van der Waals surface area contributed by atoms with Gasteiger partial charge >= 0.3 is 0 Å². The van der Waals surface area contributed by atoms with Crippen LogP contribution < -0.4 is 0 Å². The summed E-state index contributed by atoms with van der Waals surface area (Å²) in [5.74, 6) is -0.0869. The van der Waals surface area contributed by atoms with E-state index in [4.69, 9.17) is 0 Å². The van der Waals surface area contributed by atoms with Crippen molar-refractivity contribution in [2.24, 2.45) is 0 Å². The van der Waals surface area contributed by atoms with Gasteiger partial charge in [-0.25, -0.2) is 4.98 Å². The molecular weight excluding hydrogens is 200 g/mol. The zero-order chi connectivity index (χ0) is 10.1. The summed E-state index contributed by atoms with van der Waals surface area (Å²) in [6, 6.07) is -0.0750. The van der Waals surface area contributed by atoms with E-state index in [0.29, 0.717) is 0 Å². The molecule has 0 aromatic carbocycles. The van der Waals surface area contributed by atoms with Crippen LogP contribution in [0.4, 0.5) is 0 Å². The molecule has 0 N–H and O–H groups in total. The second-order valence-corrected chi connectivity index (χ2v) is 4.21. The molecule has 0 saturated carbocycles. The number of carbonyl (C=O) groups is 2. The van der Waals surface area contributed by atoms with Crippen LogP contribution in [0.2, 0.25) is 0 Å². The Balaban J connectivity index is 2.16. The Morgan fingerprint density at radius 3 is 2.86 bits per heavy atom. The predicted molar refractivity (Wildman–Crippen MR) is 51.9 cm³/mol. The highest BCUT2D eigenvalue weighted by Gasteiger charge is 2.32. The molecule has 1 aliphatic heterocycles. The van der Waals surface area contributed by atoms with Gasteiger partial charge in [0, 0.05) is 11.6 Å². The quantitative estimate of drug-likeness (QED) is 0.684. The molecule has 1 unspecified atom stereocenters. The molecule has 0 spiro atoms. The average molecular weight is 210 g/mol. The SMILES string of the molecule is CC(c1nccs1)N1CC(=O)CC1=O. The van der Waals surface area contributed by atoms with Gasteiger partial charge in [-0.3, -0.25) is 9.59 Å². The fourth-order valence-electron chi connectivity index (χ4n) is 1.53. The van der Waals surface area contributed by atoms with Crippen molar-refractivity contribution in [3.05, 3.63) is 16.6 Å². The zero-order valence-corrected chi connectivity index (χ0v) is 8.58. The largest absolute Gasteiger partial charge is 0.326 e. The van der Waals surface area contributed by atoms with E-state index in [-0.39, 0.29) is 30.7 Å². The molecule has 5 heteroatoms. The molecule has 1 aliphatic rings. The van der Waals surface area contributed by atoms with Gasteiger partial charge in [0.25, 0.3) is 0 Å². The standard InChI is InChI=1S/C9H10N2O2S/c1-6(9-10-2-3-14-9)11-5-7(12)4-8(11)13/h2-3,6H,4-5H2,1H3. The van der Waals surface area contributed by atoms with E-state index in [9.17, 15) is 9.59 Å². The summed E-state index contributed by atoms with van der Waals surface area (Å²) in [6.45, 7) is 2.13. The smallest absolute Gasteiger partial charge is 0.231 e. The third-order valence-corrected chi connectivity index (χ3v) is 3.24. The van der Waals surface area contributed by atoms with Crippen LogP contribution in [-0.2, 0) is 9.59 Å². The number of hydrogen-bond acceptors (Lipinski definition) is 4. The highest BCUT2D eigenvalue weighted by molar-refractivity contribution is 7.09. The molecule has 2 rings (SSSR count). The van der Waals surface area contributed by atoms with E-state index in [1.807, 2.05) is 12.3 Å². The lowest BCUT2D eigenvalue weighted by Crippen LogP contribution is -2.28. The van der Waals surface area contributed by atoms with E-state index in [1.54, 1.807) is 11.1 Å². The number of Topliss-reactive ketones (excluding diaryl/α,β-unsaturated/α-hetero) is 1. The minimum Gasteiger partial charge on any atom is -0.326 e. The van der Waals surface area contributed by atoms with Crippen molar-refractivity contribution in [3.63, 3.8) is 0 Å². The minimum atomic E-state index is -0.0855. The van der Waals surface area contributed by atoms with Gasteiger partial charge in [-0.2, -0.15) is 0 Å². The third kappa shape index (κ3) is 1.55. The Morgan fingerprint density at radius 2 is 2.36 bits per heavy atom. The number of thiazole rings is 1. The Hall–Kier alpha value is -1.23. The van der Waals surface area contributed by atoms with Crippen molar-refractivity contribution >= 4 is 23.0 Å². The molecule has 1 fully saturated rings. The highest BCUT2D eigenvalue weighted by atomic mass is 32.1. The van der Waals surface area contributed by atoms with Crippen molar-refractivity contribution < 1.29 is 9.59 Å². The molecule has 14 heavy (non-hydrogen) atoms. The molecule has 74 valence electrons. The minimum absolute atomic E-state index is 0.00148. The topological polar surface area (TPSA) is 50.3 Å². The van der Waals surface area contributed by atoms with Crippen LogP contribution in [0.25, 0.3) is 0 Å². The molecule has 1 saturated heterocycles. The van der Waals surface area contributed by atoms with Gasteiger partial charge in [-0.15, -0.1) is 11.3 Å². The first-order valence-electron chi connectivity index (χ1n) is 4.39. The van der Waals surface area contributed by atoms with Gasteiger partial charge in [-0.05, 0) is 6.92 Å². The number of aromatic nitrogens is 1. The van der Waals surface area contributed by atoms with Crippen LogP contribution in [0.15, 0.2) is 11.6 Å². The van der Waals surface area contributed by atoms with E-state index in [0.717, 1.165) is 5.01 Å². The predicted octanol–water partition coefficient (Wildman–Crippen LogP) is 1.01. The first-order chi connectivity index (χ1) is 6.68. The van der Waals surface area contributed by atoms with E-state index in [1.165, 1.54) is 11.3 Å². The summed E-state index contributed by atoms with van der Waals surface area (Å²) in [5.41, 5.74) is 0. The molecule has 1 atom stereocenters. The van der Waals surface area contributed by atoms with Gasteiger partial charge < -0.3 is 4.90 Å². The molecule has 2 heterocycles. The summed E-state index contributed by atoms with van der Waals surface area (Å²) in [4.78, 5) is 28.2. The monoisotopic (exact) mass is 210 g/mol. The number of likely N-dealkylation sites (tertiary alicyclic amines) is 1. The van der Waals surface area contributed by atoms with E-state index in [2.05, 4.69) is 4.98 Å². The van der Waals surface area contributed by atoms with Crippen molar-refractivity contribution in [2.45, 2.75) is 19.4 Å². The van der Waals surface area contributed by atoms with Gasteiger partial charge in [0.2, 0.25) is 5.91 Å². The highest BCUT2D eigenvalue weighted by Crippen LogP contribution is 2.25. The van der Waals surface area contributed by atoms with E-state index >= 15 is 0 Å². The van der Waals surface area contributed by atoms with Gasteiger partial charge in [0.1, 0.15) is 5.01 Å². The van der Waals surface area contributed by atoms with Gasteiger partial charge in [-0.1, -0.05) is 0 Å². The first-order valence-corrected chi connectivity index (χ1v) is 5.27. The number of amides is 1. The normalized spacial score (nSPS) is 19.1. The van der Waals surface area contributed by atoms with Crippen LogP contribution in [0.1, 0.15) is 24.4 Å². The molecule has 1 aromatic heterocycles. The molecule has 1 amide bonds. The molecule has 0 bridgehead atoms. The summed E-state index contributed by atoms with van der Waals surface area (Å²) in [5, 5.41) is 2.75. The number of rotatable bonds is 2.